The van der Waals surface area contributed by atoms with E-state index in [2.05, 4.69) is 9.88 Å². The Morgan fingerprint density at radius 1 is 1.30 bits per heavy atom. The van der Waals surface area contributed by atoms with Crippen molar-refractivity contribution in [3.05, 3.63) is 24.4 Å². The number of hydrogen-bond donors (Lipinski definition) is 0. The summed E-state index contributed by atoms with van der Waals surface area (Å²) < 4.78 is 5.96. The quantitative estimate of drug-likeness (QED) is 0.830. The molecule has 2 fully saturated rings. The van der Waals surface area contributed by atoms with Crippen LogP contribution in [0.15, 0.2) is 24.4 Å². The van der Waals surface area contributed by atoms with Gasteiger partial charge in [-0.1, -0.05) is 6.07 Å². The molecule has 1 aromatic heterocycles. The molecule has 0 aliphatic carbocycles. The van der Waals surface area contributed by atoms with Gasteiger partial charge < -0.3 is 14.5 Å². The van der Waals surface area contributed by atoms with Crippen LogP contribution in [0.4, 0.5) is 4.79 Å². The Morgan fingerprint density at radius 3 is 2.55 bits per heavy atom. The van der Waals surface area contributed by atoms with Gasteiger partial charge in [0.25, 0.3) is 0 Å². The molecule has 3 rings (SSSR count). The molecule has 2 atom stereocenters. The van der Waals surface area contributed by atoms with Crippen LogP contribution in [0.5, 0.6) is 5.88 Å². The molecule has 0 saturated carbocycles. The lowest BCUT2D eigenvalue weighted by molar-refractivity contribution is 0.0577. The van der Waals surface area contributed by atoms with E-state index < -0.39 is 0 Å². The number of pyridine rings is 1. The van der Waals surface area contributed by atoms with E-state index in [0.29, 0.717) is 18.0 Å². The summed E-state index contributed by atoms with van der Waals surface area (Å²) in [6, 6.07) is 6.47. The minimum Gasteiger partial charge on any atom is -0.474 e. The number of rotatable bonds is 2. The highest BCUT2D eigenvalue weighted by atomic mass is 16.5. The fourth-order valence-corrected chi connectivity index (χ4v) is 3.35. The molecular formula is C15H21N3O2. The SMILES string of the molecule is CN(C)C(=O)N1C2CCC1CC(Oc1ccccn1)C2. The zero-order valence-corrected chi connectivity index (χ0v) is 12.0. The minimum atomic E-state index is 0.133. The number of carbonyl (C=O) groups is 1. The minimum absolute atomic E-state index is 0.133. The second-order valence-corrected chi connectivity index (χ2v) is 5.85. The molecule has 1 aromatic rings. The van der Waals surface area contributed by atoms with Crippen molar-refractivity contribution in [1.29, 1.82) is 0 Å². The Balaban J connectivity index is 1.66. The predicted molar refractivity (Wildman–Crippen MR) is 75.6 cm³/mol. The Morgan fingerprint density at radius 2 is 2.00 bits per heavy atom. The van der Waals surface area contributed by atoms with Crippen molar-refractivity contribution >= 4 is 6.03 Å². The van der Waals surface area contributed by atoms with E-state index in [1.165, 1.54) is 0 Å². The van der Waals surface area contributed by atoms with E-state index in [-0.39, 0.29) is 12.1 Å². The van der Waals surface area contributed by atoms with Crippen LogP contribution >= 0.6 is 0 Å². The van der Waals surface area contributed by atoms with Crippen molar-refractivity contribution in [2.75, 3.05) is 14.1 Å². The Hall–Kier alpha value is -1.78. The van der Waals surface area contributed by atoms with Gasteiger partial charge in [-0.15, -0.1) is 0 Å². The second kappa shape index (κ2) is 5.31. The summed E-state index contributed by atoms with van der Waals surface area (Å²) in [7, 11) is 3.64. The number of carbonyl (C=O) groups excluding carboxylic acids is 1. The number of nitrogens with zero attached hydrogens (tertiary/aromatic N) is 3. The van der Waals surface area contributed by atoms with Crippen LogP contribution in [-0.2, 0) is 0 Å². The number of fused-ring (bicyclic) bond motifs is 2. The first-order chi connectivity index (χ1) is 9.65. The van der Waals surface area contributed by atoms with Crippen molar-refractivity contribution in [3.63, 3.8) is 0 Å². The van der Waals surface area contributed by atoms with Crippen LogP contribution in [0.25, 0.3) is 0 Å². The summed E-state index contributed by atoms with van der Waals surface area (Å²) in [5.74, 6) is 0.685. The molecule has 2 amide bonds. The zero-order valence-electron chi connectivity index (χ0n) is 12.0. The summed E-state index contributed by atoms with van der Waals surface area (Å²) in [5, 5.41) is 0. The summed E-state index contributed by atoms with van der Waals surface area (Å²) in [4.78, 5) is 20.2. The van der Waals surface area contributed by atoms with E-state index in [0.717, 1.165) is 25.7 Å². The fraction of sp³-hybridized carbons (Fsp3) is 0.600. The molecule has 2 unspecified atom stereocenters. The number of hydrogen-bond acceptors (Lipinski definition) is 3. The molecule has 108 valence electrons. The smallest absolute Gasteiger partial charge is 0.319 e. The van der Waals surface area contributed by atoms with Crippen LogP contribution in [0.3, 0.4) is 0 Å². The van der Waals surface area contributed by atoms with Gasteiger partial charge in [0.2, 0.25) is 5.88 Å². The second-order valence-electron chi connectivity index (χ2n) is 5.85. The highest BCUT2D eigenvalue weighted by molar-refractivity contribution is 5.75. The first-order valence-corrected chi connectivity index (χ1v) is 7.22. The Bertz CT molecular complexity index is 463. The molecule has 0 aromatic carbocycles. The molecule has 2 aliphatic rings. The van der Waals surface area contributed by atoms with Crippen LogP contribution < -0.4 is 4.74 Å². The molecule has 0 N–H and O–H groups in total. The molecule has 20 heavy (non-hydrogen) atoms. The number of ether oxygens (including phenoxy) is 1. The monoisotopic (exact) mass is 275 g/mol. The van der Waals surface area contributed by atoms with Crippen molar-refractivity contribution in [1.82, 2.24) is 14.8 Å². The number of aromatic nitrogens is 1. The van der Waals surface area contributed by atoms with E-state index in [1.54, 1.807) is 11.1 Å². The molecular weight excluding hydrogens is 254 g/mol. The molecule has 5 heteroatoms. The molecule has 3 heterocycles. The van der Waals surface area contributed by atoms with Crippen molar-refractivity contribution in [3.8, 4) is 5.88 Å². The average molecular weight is 275 g/mol. The number of piperidine rings is 1. The van der Waals surface area contributed by atoms with E-state index in [9.17, 15) is 4.79 Å². The van der Waals surface area contributed by atoms with Crippen molar-refractivity contribution in [2.24, 2.45) is 0 Å². The predicted octanol–water partition coefficient (Wildman–Crippen LogP) is 2.14. The molecule has 2 aliphatic heterocycles. The normalized spacial score (nSPS) is 28.3. The largest absolute Gasteiger partial charge is 0.474 e. The van der Waals surface area contributed by atoms with Gasteiger partial charge in [0, 0.05) is 51.3 Å². The van der Waals surface area contributed by atoms with Gasteiger partial charge in [-0.3, -0.25) is 0 Å². The maximum Gasteiger partial charge on any atom is 0.319 e. The fourth-order valence-electron chi connectivity index (χ4n) is 3.35. The summed E-state index contributed by atoms with van der Waals surface area (Å²) in [5.41, 5.74) is 0. The molecule has 0 spiro atoms. The van der Waals surface area contributed by atoms with Gasteiger partial charge in [0.05, 0.1) is 0 Å². The van der Waals surface area contributed by atoms with Gasteiger partial charge in [-0.2, -0.15) is 0 Å². The van der Waals surface area contributed by atoms with Gasteiger partial charge in [0.15, 0.2) is 0 Å². The third kappa shape index (κ3) is 2.44. The lowest BCUT2D eigenvalue weighted by Gasteiger charge is -2.39. The van der Waals surface area contributed by atoms with E-state index in [4.69, 9.17) is 4.74 Å². The molecule has 0 radical (unpaired) electrons. The highest BCUT2D eigenvalue weighted by Gasteiger charge is 2.44. The Kier molecular flexibility index (Phi) is 3.51. The molecule has 2 bridgehead atoms. The standard InChI is InChI=1S/C15H21N3O2/c1-17(2)15(19)18-11-6-7-12(18)10-13(9-11)20-14-5-3-4-8-16-14/h3-5,8,11-13H,6-7,9-10H2,1-2H3. The highest BCUT2D eigenvalue weighted by Crippen LogP contribution is 2.37. The zero-order chi connectivity index (χ0) is 14.1. The summed E-state index contributed by atoms with van der Waals surface area (Å²) in [6.07, 6.45) is 5.92. The van der Waals surface area contributed by atoms with Gasteiger partial charge in [0.1, 0.15) is 6.10 Å². The maximum atomic E-state index is 12.2. The molecule has 5 nitrogen and oxygen atoms in total. The first kappa shape index (κ1) is 13.2. The van der Waals surface area contributed by atoms with E-state index in [1.807, 2.05) is 32.3 Å². The lowest BCUT2D eigenvalue weighted by Crippen LogP contribution is -2.52. The summed E-state index contributed by atoms with van der Waals surface area (Å²) >= 11 is 0. The van der Waals surface area contributed by atoms with Crippen LogP contribution in [0.2, 0.25) is 0 Å². The Labute approximate surface area is 119 Å². The molecule has 2 saturated heterocycles. The van der Waals surface area contributed by atoms with Crippen LogP contribution in [0, 0.1) is 0 Å². The van der Waals surface area contributed by atoms with Gasteiger partial charge >= 0.3 is 6.03 Å². The van der Waals surface area contributed by atoms with E-state index >= 15 is 0 Å². The first-order valence-electron chi connectivity index (χ1n) is 7.22. The number of amides is 2. The van der Waals surface area contributed by atoms with Crippen LogP contribution in [-0.4, -0.2) is 53.1 Å². The van der Waals surface area contributed by atoms with Gasteiger partial charge in [-0.05, 0) is 18.9 Å². The van der Waals surface area contributed by atoms with Crippen molar-refractivity contribution in [2.45, 2.75) is 43.9 Å². The van der Waals surface area contributed by atoms with Crippen molar-refractivity contribution < 1.29 is 9.53 Å². The van der Waals surface area contributed by atoms with Crippen LogP contribution in [0.1, 0.15) is 25.7 Å². The third-order valence-electron chi connectivity index (χ3n) is 4.22. The number of urea groups is 1. The maximum absolute atomic E-state index is 12.2. The topological polar surface area (TPSA) is 45.7 Å². The average Bonchev–Trinajstić information content (AvgIpc) is 2.70. The summed E-state index contributed by atoms with van der Waals surface area (Å²) in [6.45, 7) is 0. The third-order valence-corrected chi connectivity index (χ3v) is 4.22. The van der Waals surface area contributed by atoms with Gasteiger partial charge in [-0.25, -0.2) is 9.78 Å². The lowest BCUT2D eigenvalue weighted by atomic mass is 10.00.